The minimum absolute atomic E-state index is 0.253. The van der Waals surface area contributed by atoms with Gasteiger partial charge in [0.1, 0.15) is 19.0 Å². The Hall–Kier alpha value is -2.46. The molecule has 11 heteroatoms. The molecule has 0 unspecified atom stereocenters. The molecule has 0 amide bonds. The summed E-state index contributed by atoms with van der Waals surface area (Å²) >= 11 is 0. The topological polar surface area (TPSA) is 72.8 Å². The maximum absolute atomic E-state index is 13.2. The first-order chi connectivity index (χ1) is 10.9. The number of halogens is 6. The number of benzene rings is 1. The van der Waals surface area contributed by atoms with Crippen molar-refractivity contribution in [3.63, 3.8) is 0 Å². The number of para-hydroxylation sites is 1. The van der Waals surface area contributed by atoms with E-state index < -0.39 is 42.9 Å². The van der Waals surface area contributed by atoms with E-state index in [1.54, 1.807) is 18.2 Å². The highest BCUT2D eigenvalue weighted by Crippen LogP contribution is 2.46. The number of aliphatic carboxylic acids is 1. The summed E-state index contributed by atoms with van der Waals surface area (Å²) in [5.41, 5.74) is 0. The number of esters is 1. The Morgan fingerprint density at radius 2 is 1.46 bits per heavy atom. The molecule has 1 rings (SSSR count). The Morgan fingerprint density at radius 3 is 1.96 bits per heavy atom. The van der Waals surface area contributed by atoms with Gasteiger partial charge in [-0.1, -0.05) is 18.2 Å². The van der Waals surface area contributed by atoms with Crippen LogP contribution < -0.4 is 4.74 Å². The summed E-state index contributed by atoms with van der Waals surface area (Å²) in [7, 11) is 0. The molecule has 0 radical (unpaired) electrons. The molecular weight excluding hydrogens is 350 g/mol. The van der Waals surface area contributed by atoms with Crippen molar-refractivity contribution in [1.82, 2.24) is 0 Å². The van der Waals surface area contributed by atoms with Crippen molar-refractivity contribution < 1.29 is 50.5 Å². The smallest absolute Gasteiger partial charge is 0.411 e. The lowest BCUT2D eigenvalue weighted by molar-refractivity contribution is -0.299. The zero-order chi connectivity index (χ0) is 18.6. The normalized spacial score (nSPS) is 12.6. The Balaban J connectivity index is 2.66. The second-order valence-electron chi connectivity index (χ2n) is 4.33. The molecular formula is C13H10F6O5. The first-order valence-corrected chi connectivity index (χ1v) is 6.16. The van der Waals surface area contributed by atoms with E-state index >= 15 is 0 Å². The second-order valence-corrected chi connectivity index (χ2v) is 4.33. The van der Waals surface area contributed by atoms with E-state index in [-0.39, 0.29) is 5.75 Å². The van der Waals surface area contributed by atoms with Crippen molar-refractivity contribution in [3.05, 3.63) is 30.3 Å². The second kappa shape index (κ2) is 6.97. The number of rotatable bonds is 8. The quantitative estimate of drug-likeness (QED) is 0.438. The van der Waals surface area contributed by atoms with Crippen LogP contribution in [0.4, 0.5) is 26.3 Å². The predicted molar refractivity (Wildman–Crippen MR) is 65.4 cm³/mol. The summed E-state index contributed by atoms with van der Waals surface area (Å²) in [5.74, 6) is -25.0. The molecule has 0 aliphatic heterocycles. The van der Waals surface area contributed by atoms with Crippen LogP contribution >= 0.6 is 0 Å². The third-order valence-electron chi connectivity index (χ3n) is 2.64. The van der Waals surface area contributed by atoms with Crippen LogP contribution in [0.25, 0.3) is 0 Å². The molecule has 5 nitrogen and oxygen atoms in total. The van der Waals surface area contributed by atoms with Gasteiger partial charge in [0.15, 0.2) is 0 Å². The van der Waals surface area contributed by atoms with Crippen molar-refractivity contribution in [2.45, 2.75) is 17.8 Å². The number of hydrogen-bond acceptors (Lipinski definition) is 4. The van der Waals surface area contributed by atoms with E-state index in [0.29, 0.717) is 0 Å². The lowest BCUT2D eigenvalue weighted by Gasteiger charge is -2.28. The van der Waals surface area contributed by atoms with Gasteiger partial charge in [-0.25, -0.2) is 9.59 Å². The Labute approximate surface area is 130 Å². The van der Waals surface area contributed by atoms with Crippen LogP contribution in [-0.2, 0) is 14.3 Å². The summed E-state index contributed by atoms with van der Waals surface area (Å²) in [6, 6.07) is 7.67. The van der Waals surface area contributed by atoms with E-state index in [0.717, 1.165) is 0 Å². The maximum Gasteiger partial charge on any atom is 0.411 e. The molecule has 0 aliphatic rings. The van der Waals surface area contributed by atoms with Gasteiger partial charge >= 0.3 is 29.7 Å². The maximum atomic E-state index is 13.2. The average Bonchev–Trinajstić information content (AvgIpc) is 2.51. The minimum Gasteiger partial charge on any atom is -0.490 e. The Bertz CT molecular complexity index is 590. The van der Waals surface area contributed by atoms with Crippen molar-refractivity contribution in [3.8, 4) is 5.75 Å². The molecule has 0 saturated heterocycles. The fraction of sp³-hybridized carbons (Fsp3) is 0.385. The molecule has 0 saturated carbocycles. The summed E-state index contributed by atoms with van der Waals surface area (Å²) in [5, 5.41) is 7.93. The van der Waals surface area contributed by atoms with Gasteiger partial charge in [0, 0.05) is 0 Å². The third-order valence-corrected chi connectivity index (χ3v) is 2.64. The number of ether oxygens (including phenoxy) is 2. The van der Waals surface area contributed by atoms with Gasteiger partial charge in [-0.05, 0) is 12.1 Å². The van der Waals surface area contributed by atoms with Crippen LogP contribution in [0.15, 0.2) is 30.3 Å². The van der Waals surface area contributed by atoms with Crippen molar-refractivity contribution in [1.29, 1.82) is 0 Å². The van der Waals surface area contributed by atoms with Gasteiger partial charge in [-0.15, -0.1) is 0 Å². The highest BCUT2D eigenvalue weighted by Gasteiger charge is 2.79. The highest BCUT2D eigenvalue weighted by molar-refractivity contribution is 5.83. The van der Waals surface area contributed by atoms with Crippen LogP contribution in [0.5, 0.6) is 5.75 Å². The largest absolute Gasteiger partial charge is 0.490 e. The zero-order valence-corrected chi connectivity index (χ0v) is 11.6. The standard InChI is InChI=1S/C13H10F6O5/c14-11(15,9(20)21)13(18,19)12(16,17)10(22)24-7-6-23-8-4-2-1-3-5-8/h1-5H,6-7H2,(H,20,21). The summed E-state index contributed by atoms with van der Waals surface area (Å²) in [6.45, 7) is -1.47. The molecule has 1 aromatic carbocycles. The van der Waals surface area contributed by atoms with Gasteiger partial charge in [-0.2, -0.15) is 26.3 Å². The molecule has 0 heterocycles. The molecule has 0 atom stereocenters. The summed E-state index contributed by atoms with van der Waals surface area (Å²) in [6.07, 6.45) is 0. The van der Waals surface area contributed by atoms with Crippen LogP contribution in [0.1, 0.15) is 0 Å². The van der Waals surface area contributed by atoms with Crippen molar-refractivity contribution in [2.75, 3.05) is 13.2 Å². The third kappa shape index (κ3) is 3.71. The number of carboxylic acid groups (broad SMARTS) is 1. The number of carboxylic acids is 1. The summed E-state index contributed by atoms with van der Waals surface area (Å²) in [4.78, 5) is 21.0. The average molecular weight is 360 g/mol. The molecule has 0 spiro atoms. The number of carbonyl (C=O) groups excluding carboxylic acids is 1. The lowest BCUT2D eigenvalue weighted by atomic mass is 10.0. The van der Waals surface area contributed by atoms with Gasteiger partial charge in [0.05, 0.1) is 0 Å². The predicted octanol–water partition coefficient (Wildman–Crippen LogP) is 2.60. The van der Waals surface area contributed by atoms with Crippen LogP contribution in [0, 0.1) is 0 Å². The van der Waals surface area contributed by atoms with Crippen molar-refractivity contribution >= 4 is 11.9 Å². The van der Waals surface area contributed by atoms with Gasteiger partial charge in [0.25, 0.3) is 0 Å². The zero-order valence-electron chi connectivity index (χ0n) is 11.6. The van der Waals surface area contributed by atoms with Gasteiger partial charge in [-0.3, -0.25) is 0 Å². The fourth-order valence-electron chi connectivity index (χ4n) is 1.36. The first kappa shape index (κ1) is 19.6. The minimum atomic E-state index is -6.48. The van der Waals surface area contributed by atoms with Crippen LogP contribution in [0.2, 0.25) is 0 Å². The van der Waals surface area contributed by atoms with Gasteiger partial charge < -0.3 is 14.6 Å². The SMILES string of the molecule is O=C(O)C(F)(F)C(F)(F)C(F)(F)C(=O)OCCOc1ccccc1. The molecule has 0 bridgehead atoms. The summed E-state index contributed by atoms with van der Waals surface area (Å²) < 4.78 is 86.6. The number of carbonyl (C=O) groups is 2. The van der Waals surface area contributed by atoms with E-state index in [2.05, 4.69) is 4.74 Å². The Kier molecular flexibility index (Phi) is 5.69. The van der Waals surface area contributed by atoms with Crippen molar-refractivity contribution in [2.24, 2.45) is 0 Å². The first-order valence-electron chi connectivity index (χ1n) is 6.16. The highest BCUT2D eigenvalue weighted by atomic mass is 19.3. The molecule has 134 valence electrons. The van der Waals surface area contributed by atoms with E-state index in [4.69, 9.17) is 9.84 Å². The molecule has 0 aliphatic carbocycles. The molecule has 0 aromatic heterocycles. The fourth-order valence-corrected chi connectivity index (χ4v) is 1.36. The molecule has 0 fully saturated rings. The lowest BCUT2D eigenvalue weighted by Crippen LogP contribution is -2.61. The molecule has 1 N–H and O–H groups in total. The number of alkyl halides is 6. The van der Waals surface area contributed by atoms with Gasteiger partial charge in [0.2, 0.25) is 0 Å². The Morgan fingerprint density at radius 1 is 0.917 bits per heavy atom. The van der Waals surface area contributed by atoms with E-state index in [1.807, 2.05) is 0 Å². The van der Waals surface area contributed by atoms with Crippen LogP contribution in [-0.4, -0.2) is 48.0 Å². The van der Waals surface area contributed by atoms with Crippen LogP contribution in [0.3, 0.4) is 0 Å². The number of hydrogen-bond donors (Lipinski definition) is 1. The van der Waals surface area contributed by atoms with E-state index in [9.17, 15) is 35.9 Å². The molecule has 1 aromatic rings. The van der Waals surface area contributed by atoms with E-state index in [1.165, 1.54) is 12.1 Å². The molecule has 24 heavy (non-hydrogen) atoms. The monoisotopic (exact) mass is 360 g/mol.